The molecule has 0 saturated heterocycles. The molecule has 0 bridgehead atoms. The molecule has 0 radical (unpaired) electrons. The van der Waals surface area contributed by atoms with Crippen molar-refractivity contribution in [2.75, 3.05) is 18.5 Å². The number of likely N-dealkylation sites (N-methyl/N-ethyl adjacent to an activating group) is 1. The maximum Gasteiger partial charge on any atom is 0.328 e. The van der Waals surface area contributed by atoms with Crippen LogP contribution in [0.5, 0.6) is 0 Å². The normalized spacial score (nSPS) is 13.9. The van der Waals surface area contributed by atoms with Gasteiger partial charge >= 0.3 is 5.97 Å². The molecule has 124 valence electrons. The predicted octanol–water partition coefficient (Wildman–Crippen LogP) is 4.31. The predicted molar refractivity (Wildman–Crippen MR) is 98.6 cm³/mol. The Morgan fingerprint density at radius 1 is 1.17 bits per heavy atom. The molecule has 1 heterocycles. The number of benzene rings is 2. The third-order valence-electron chi connectivity index (χ3n) is 4.67. The van der Waals surface area contributed by atoms with Gasteiger partial charge in [-0.1, -0.05) is 35.9 Å². The van der Waals surface area contributed by atoms with E-state index in [4.69, 9.17) is 5.11 Å². The highest BCUT2D eigenvalue weighted by molar-refractivity contribution is 5.80. The zero-order valence-corrected chi connectivity index (χ0v) is 14.2. The molecule has 2 aromatic carbocycles. The molecule has 1 aliphatic heterocycles. The summed E-state index contributed by atoms with van der Waals surface area (Å²) in [6, 6.07) is 15.3. The van der Waals surface area contributed by atoms with Gasteiger partial charge in [0.25, 0.3) is 0 Å². The van der Waals surface area contributed by atoms with E-state index in [1.54, 1.807) is 0 Å². The molecule has 0 aliphatic carbocycles. The van der Waals surface area contributed by atoms with Crippen LogP contribution in [0, 0.1) is 0 Å². The molecular formula is C21H23NO2. The summed E-state index contributed by atoms with van der Waals surface area (Å²) in [7, 11) is 2.14. The van der Waals surface area contributed by atoms with E-state index >= 15 is 0 Å². The number of carboxylic acid groups (broad SMARTS) is 1. The topological polar surface area (TPSA) is 40.5 Å². The molecule has 0 saturated carbocycles. The van der Waals surface area contributed by atoms with E-state index in [9.17, 15) is 4.79 Å². The van der Waals surface area contributed by atoms with Crippen molar-refractivity contribution < 1.29 is 9.90 Å². The Labute approximate surface area is 143 Å². The van der Waals surface area contributed by atoms with Crippen molar-refractivity contribution in [3.63, 3.8) is 0 Å². The Bertz CT molecular complexity index is 775. The van der Waals surface area contributed by atoms with Crippen molar-refractivity contribution in [3.05, 3.63) is 65.2 Å². The Balaban J connectivity index is 1.70. The third-order valence-corrected chi connectivity index (χ3v) is 4.67. The second kappa shape index (κ2) is 6.91. The molecule has 1 N–H and O–H groups in total. The minimum atomic E-state index is -0.870. The maximum absolute atomic E-state index is 10.6. The summed E-state index contributed by atoms with van der Waals surface area (Å²) in [6.07, 6.45) is 4.05. The van der Waals surface area contributed by atoms with Gasteiger partial charge in [-0.3, -0.25) is 0 Å². The number of aryl methyl sites for hydroxylation is 1. The minimum absolute atomic E-state index is 0.775. The van der Waals surface area contributed by atoms with Gasteiger partial charge < -0.3 is 10.0 Å². The summed E-state index contributed by atoms with van der Waals surface area (Å²) in [4.78, 5) is 12.9. The second-order valence-corrected chi connectivity index (χ2v) is 6.54. The number of fused-ring (bicyclic) bond motifs is 1. The van der Waals surface area contributed by atoms with Crippen LogP contribution >= 0.6 is 0 Å². The van der Waals surface area contributed by atoms with Crippen LogP contribution in [0.15, 0.2) is 54.1 Å². The number of hydrogen-bond donors (Lipinski definition) is 1. The summed E-state index contributed by atoms with van der Waals surface area (Å²) < 4.78 is 0. The molecular weight excluding hydrogens is 298 g/mol. The Morgan fingerprint density at radius 3 is 2.58 bits per heavy atom. The number of allylic oxidation sites excluding steroid dienone is 1. The van der Waals surface area contributed by atoms with E-state index in [1.165, 1.54) is 34.0 Å². The average molecular weight is 321 g/mol. The maximum atomic E-state index is 10.6. The molecule has 0 aromatic heterocycles. The Morgan fingerprint density at radius 2 is 1.88 bits per heavy atom. The first kappa shape index (κ1) is 16.3. The molecule has 24 heavy (non-hydrogen) atoms. The number of carboxylic acids is 1. The van der Waals surface area contributed by atoms with Crippen molar-refractivity contribution in [1.82, 2.24) is 0 Å². The third kappa shape index (κ3) is 3.67. The van der Waals surface area contributed by atoms with Gasteiger partial charge in [0.15, 0.2) is 0 Å². The van der Waals surface area contributed by atoms with E-state index in [1.807, 2.05) is 6.92 Å². The average Bonchev–Trinajstić information content (AvgIpc) is 2.93. The van der Waals surface area contributed by atoms with Gasteiger partial charge in [0, 0.05) is 25.4 Å². The van der Waals surface area contributed by atoms with E-state index in [-0.39, 0.29) is 0 Å². The lowest BCUT2D eigenvalue weighted by Crippen LogP contribution is -2.12. The van der Waals surface area contributed by atoms with Gasteiger partial charge in [-0.15, -0.1) is 0 Å². The highest BCUT2D eigenvalue weighted by Crippen LogP contribution is 2.31. The fraction of sp³-hybridized carbons (Fsp3) is 0.286. The van der Waals surface area contributed by atoms with E-state index in [0.29, 0.717) is 0 Å². The fourth-order valence-electron chi connectivity index (χ4n) is 3.23. The van der Waals surface area contributed by atoms with Crippen molar-refractivity contribution >= 4 is 11.7 Å². The summed E-state index contributed by atoms with van der Waals surface area (Å²) in [5.41, 5.74) is 7.39. The Kier molecular flexibility index (Phi) is 4.70. The summed E-state index contributed by atoms with van der Waals surface area (Å²) in [5, 5.41) is 8.75. The van der Waals surface area contributed by atoms with Crippen LogP contribution < -0.4 is 4.90 Å². The van der Waals surface area contributed by atoms with Gasteiger partial charge in [-0.2, -0.15) is 0 Å². The molecule has 2 aromatic rings. The van der Waals surface area contributed by atoms with Crippen LogP contribution in [0.3, 0.4) is 0 Å². The number of hydrogen-bond acceptors (Lipinski definition) is 2. The Hall–Kier alpha value is -2.55. The molecule has 0 unspecified atom stereocenters. The number of nitrogens with zero attached hydrogens (tertiary/aromatic N) is 1. The lowest BCUT2D eigenvalue weighted by molar-refractivity contribution is -0.131. The smallest absolute Gasteiger partial charge is 0.328 e. The van der Waals surface area contributed by atoms with Crippen molar-refractivity contribution in [2.24, 2.45) is 0 Å². The van der Waals surface area contributed by atoms with E-state index < -0.39 is 5.97 Å². The van der Waals surface area contributed by atoms with Gasteiger partial charge in [-0.25, -0.2) is 4.79 Å². The molecule has 0 spiro atoms. The van der Waals surface area contributed by atoms with Crippen LogP contribution in [-0.4, -0.2) is 24.7 Å². The lowest BCUT2D eigenvalue weighted by Gasteiger charge is -2.12. The van der Waals surface area contributed by atoms with Crippen molar-refractivity contribution in [2.45, 2.75) is 26.2 Å². The van der Waals surface area contributed by atoms with Gasteiger partial charge in [0.05, 0.1) is 0 Å². The SMILES string of the molecule is C/C(=C\C(=O)O)CCc1ccc(-c2ccc3c(c2)CCN3C)cc1. The number of carbonyl (C=O) groups is 1. The zero-order valence-electron chi connectivity index (χ0n) is 14.2. The minimum Gasteiger partial charge on any atom is -0.478 e. The van der Waals surface area contributed by atoms with E-state index in [2.05, 4.69) is 54.4 Å². The zero-order chi connectivity index (χ0) is 17.1. The quantitative estimate of drug-likeness (QED) is 0.834. The standard InChI is InChI=1S/C21H23NO2/c1-15(13-21(23)24)3-4-16-5-7-17(8-6-16)18-9-10-20-19(14-18)11-12-22(20)2/h5-10,13-14H,3-4,11-12H2,1-2H3,(H,23,24)/b15-13+. The number of rotatable bonds is 5. The molecule has 0 fully saturated rings. The monoisotopic (exact) mass is 321 g/mol. The largest absolute Gasteiger partial charge is 0.478 e. The summed E-state index contributed by atoms with van der Waals surface area (Å²) in [5.74, 6) is -0.870. The van der Waals surface area contributed by atoms with Gasteiger partial charge in [0.1, 0.15) is 0 Å². The van der Waals surface area contributed by atoms with Crippen LogP contribution in [0.4, 0.5) is 5.69 Å². The highest BCUT2D eigenvalue weighted by atomic mass is 16.4. The summed E-state index contributed by atoms with van der Waals surface area (Å²) in [6.45, 7) is 2.96. The fourth-order valence-corrected chi connectivity index (χ4v) is 3.23. The van der Waals surface area contributed by atoms with Crippen LogP contribution in [0.2, 0.25) is 0 Å². The first-order valence-corrected chi connectivity index (χ1v) is 8.36. The van der Waals surface area contributed by atoms with Gasteiger partial charge in [-0.05, 0) is 60.6 Å². The molecule has 3 heteroatoms. The van der Waals surface area contributed by atoms with Crippen LogP contribution in [0.25, 0.3) is 11.1 Å². The van der Waals surface area contributed by atoms with Crippen LogP contribution in [-0.2, 0) is 17.6 Å². The van der Waals surface area contributed by atoms with Gasteiger partial charge in [0.2, 0.25) is 0 Å². The molecule has 1 aliphatic rings. The lowest BCUT2D eigenvalue weighted by atomic mass is 9.99. The first-order chi connectivity index (χ1) is 11.5. The van der Waals surface area contributed by atoms with Crippen molar-refractivity contribution in [1.29, 1.82) is 0 Å². The first-order valence-electron chi connectivity index (χ1n) is 8.36. The molecule has 0 atom stereocenters. The van der Waals surface area contributed by atoms with Crippen LogP contribution in [0.1, 0.15) is 24.5 Å². The summed E-state index contributed by atoms with van der Waals surface area (Å²) >= 11 is 0. The van der Waals surface area contributed by atoms with Crippen molar-refractivity contribution in [3.8, 4) is 11.1 Å². The molecule has 0 amide bonds. The number of aliphatic carboxylic acids is 1. The highest BCUT2D eigenvalue weighted by Gasteiger charge is 2.15. The molecule has 3 rings (SSSR count). The number of anilines is 1. The second-order valence-electron chi connectivity index (χ2n) is 6.54. The molecule has 3 nitrogen and oxygen atoms in total. The van der Waals surface area contributed by atoms with E-state index in [0.717, 1.165) is 31.4 Å².